The molecule has 0 bridgehead atoms. The van der Waals surface area contributed by atoms with Crippen molar-refractivity contribution in [1.29, 1.82) is 0 Å². The van der Waals surface area contributed by atoms with Gasteiger partial charge in [-0.3, -0.25) is 0 Å². The van der Waals surface area contributed by atoms with E-state index >= 15 is 0 Å². The number of hydrogen-bond donors (Lipinski definition) is 0. The van der Waals surface area contributed by atoms with Gasteiger partial charge in [0.2, 0.25) is 0 Å². The van der Waals surface area contributed by atoms with Gasteiger partial charge in [-0.1, -0.05) is 117 Å². The fraction of sp³-hybridized carbons (Fsp3) is 1.00. The Morgan fingerprint density at radius 2 is 0.577 bits per heavy atom. The molecule has 142 valence electrons. The first kappa shape index (κ1) is 39.6. The van der Waals surface area contributed by atoms with Crippen LogP contribution in [0.2, 0.25) is 0 Å². The van der Waals surface area contributed by atoms with Crippen LogP contribution in [0.15, 0.2) is 0 Å². The summed E-state index contributed by atoms with van der Waals surface area (Å²) in [6.07, 6.45) is 23.4. The largest absolute Gasteiger partial charge is 1.00 e. The van der Waals surface area contributed by atoms with Crippen LogP contribution < -0.4 is 103 Å². The summed E-state index contributed by atoms with van der Waals surface area (Å²) in [5.41, 5.74) is 0. The molecule has 4 nitrogen and oxygen atoms in total. The molecule has 0 radical (unpaired) electrons. The molecule has 0 heterocycles. The van der Waals surface area contributed by atoms with Crippen LogP contribution in [-0.2, 0) is 4.57 Å². The van der Waals surface area contributed by atoms with Crippen LogP contribution in [0, 0.1) is 0 Å². The second-order valence-electron chi connectivity index (χ2n) is 6.40. The monoisotopic (exact) mass is 418 g/mol. The smallest absolute Gasteiger partial charge is 0.822 e. The normalized spacial score (nSPS) is 9.88. The van der Waals surface area contributed by atoms with Gasteiger partial charge < -0.3 is 19.2 Å². The minimum absolute atomic E-state index is 0. The molecule has 0 aromatic rings. The predicted molar refractivity (Wildman–Crippen MR) is 92.8 cm³/mol. The Morgan fingerprint density at radius 1 is 0.462 bits per heavy atom. The van der Waals surface area contributed by atoms with E-state index in [1.54, 1.807) is 0 Å². The molecule has 0 aliphatic carbocycles. The van der Waals surface area contributed by atoms with Crippen LogP contribution >= 0.6 is 7.82 Å². The fourth-order valence-electron chi connectivity index (χ4n) is 2.62. The van der Waals surface area contributed by atoms with Crippen molar-refractivity contribution in [2.75, 3.05) is 0 Å². The zero-order valence-corrected chi connectivity index (χ0v) is 25.3. The van der Waals surface area contributed by atoms with E-state index in [0.717, 1.165) is 0 Å². The maximum Gasteiger partial charge on any atom is 1.00 e. The number of unbranched alkanes of at least 4 members (excludes halogenated alkanes) is 15. The van der Waals surface area contributed by atoms with Gasteiger partial charge in [-0.15, -0.1) is 0 Å². The third-order valence-corrected chi connectivity index (χ3v) is 3.96. The Kier molecular flexibility index (Phi) is 49.9. The molecule has 0 amide bonds. The molecule has 0 aromatic carbocycles. The minimum Gasteiger partial charge on any atom is -0.822 e. The molecular formula is C18H38Na3O4P. The number of hydrogen-bond acceptors (Lipinski definition) is 4. The molecule has 26 heavy (non-hydrogen) atoms. The summed E-state index contributed by atoms with van der Waals surface area (Å²) in [5.74, 6) is 0. The van der Waals surface area contributed by atoms with E-state index in [1.807, 2.05) is 0 Å². The Balaban J connectivity index is -0.000000162. The van der Waals surface area contributed by atoms with E-state index in [4.69, 9.17) is 19.2 Å². The van der Waals surface area contributed by atoms with Crippen molar-refractivity contribution >= 4 is 7.82 Å². The van der Waals surface area contributed by atoms with E-state index in [-0.39, 0.29) is 88.7 Å². The average molecular weight is 418 g/mol. The van der Waals surface area contributed by atoms with Crippen LogP contribution in [0.4, 0.5) is 0 Å². The Hall–Kier alpha value is 3.11. The molecule has 8 heteroatoms. The van der Waals surface area contributed by atoms with E-state index < -0.39 is 7.82 Å². The summed E-state index contributed by atoms with van der Waals surface area (Å²) in [7, 11) is -5.39. The standard InChI is InChI=1S/C18H38.3Na.H3O4P/c1-3-5-7-9-11-13-15-17-18-16-14-12-10-8-6-4-2;;;;1-5(2,3)4/h3-18H2,1-2H3;;;;(H3,1,2,3,4)/q;3*+1;/p-3. The summed E-state index contributed by atoms with van der Waals surface area (Å²) in [4.78, 5) is 25.6. The van der Waals surface area contributed by atoms with Gasteiger partial charge in [0, 0.05) is 0 Å². The first-order valence-electron chi connectivity index (χ1n) is 9.64. The Morgan fingerprint density at radius 3 is 0.692 bits per heavy atom. The van der Waals surface area contributed by atoms with Gasteiger partial charge in [-0.2, -0.15) is 7.82 Å². The van der Waals surface area contributed by atoms with Gasteiger partial charge >= 0.3 is 88.7 Å². The first-order valence-corrected chi connectivity index (χ1v) is 11.1. The first-order chi connectivity index (χ1) is 10.9. The molecular weight excluding hydrogens is 380 g/mol. The van der Waals surface area contributed by atoms with Crippen molar-refractivity contribution in [3.63, 3.8) is 0 Å². The van der Waals surface area contributed by atoms with Crippen LogP contribution in [0.1, 0.15) is 117 Å². The summed E-state index contributed by atoms with van der Waals surface area (Å²) in [6, 6.07) is 0. The molecule has 0 unspecified atom stereocenters. The summed E-state index contributed by atoms with van der Waals surface area (Å²) < 4.78 is 8.55. The molecule has 0 N–H and O–H groups in total. The van der Waals surface area contributed by atoms with Gasteiger partial charge in [0.15, 0.2) is 0 Å². The molecule has 0 saturated heterocycles. The van der Waals surface area contributed by atoms with Crippen molar-refractivity contribution in [1.82, 2.24) is 0 Å². The minimum atomic E-state index is -5.39. The van der Waals surface area contributed by atoms with Gasteiger partial charge in [0.25, 0.3) is 0 Å². The number of phosphoric acid groups is 1. The fourth-order valence-corrected chi connectivity index (χ4v) is 2.62. The van der Waals surface area contributed by atoms with Crippen molar-refractivity contribution < 1.29 is 108 Å². The Labute approximate surface area is 229 Å². The second-order valence-corrected chi connectivity index (χ2v) is 7.29. The van der Waals surface area contributed by atoms with Crippen LogP contribution in [0.3, 0.4) is 0 Å². The van der Waals surface area contributed by atoms with Crippen molar-refractivity contribution in [2.45, 2.75) is 117 Å². The van der Waals surface area contributed by atoms with E-state index in [0.29, 0.717) is 0 Å². The summed E-state index contributed by atoms with van der Waals surface area (Å²) in [6.45, 7) is 4.59. The maximum absolute atomic E-state index is 8.55. The van der Waals surface area contributed by atoms with Gasteiger partial charge in [0.1, 0.15) is 0 Å². The molecule has 0 spiro atoms. The molecule has 0 fully saturated rings. The molecule has 0 atom stereocenters. The van der Waals surface area contributed by atoms with Gasteiger partial charge in [0.05, 0.1) is 0 Å². The maximum atomic E-state index is 8.55. The van der Waals surface area contributed by atoms with Crippen molar-refractivity contribution in [3.8, 4) is 0 Å². The van der Waals surface area contributed by atoms with Gasteiger partial charge in [-0.25, -0.2) is 0 Å². The Bertz CT molecular complexity index is 243. The van der Waals surface area contributed by atoms with Crippen LogP contribution in [-0.4, -0.2) is 0 Å². The zero-order valence-electron chi connectivity index (χ0n) is 18.4. The molecule has 0 saturated carbocycles. The zero-order chi connectivity index (χ0) is 17.8. The van der Waals surface area contributed by atoms with Crippen molar-refractivity contribution in [2.24, 2.45) is 0 Å². The predicted octanol–water partition coefficient (Wildman–Crippen LogP) is -4.54. The van der Waals surface area contributed by atoms with Crippen LogP contribution in [0.25, 0.3) is 0 Å². The molecule has 0 aliphatic heterocycles. The molecule has 0 rings (SSSR count). The quantitative estimate of drug-likeness (QED) is 0.152. The number of rotatable bonds is 15. The van der Waals surface area contributed by atoms with E-state index in [1.165, 1.54) is 103 Å². The third kappa shape index (κ3) is 56.4. The molecule has 0 aromatic heterocycles. The average Bonchev–Trinajstić information content (AvgIpc) is 2.46. The summed E-state index contributed by atoms with van der Waals surface area (Å²) in [5, 5.41) is 0. The topological polar surface area (TPSA) is 86.2 Å². The molecule has 0 aliphatic rings. The van der Waals surface area contributed by atoms with Gasteiger partial charge in [-0.05, 0) is 0 Å². The third-order valence-electron chi connectivity index (χ3n) is 3.96. The van der Waals surface area contributed by atoms with Crippen molar-refractivity contribution in [3.05, 3.63) is 0 Å². The van der Waals surface area contributed by atoms with E-state index in [9.17, 15) is 0 Å². The van der Waals surface area contributed by atoms with E-state index in [2.05, 4.69) is 13.8 Å². The second kappa shape index (κ2) is 32.8. The summed E-state index contributed by atoms with van der Waals surface area (Å²) >= 11 is 0. The van der Waals surface area contributed by atoms with Crippen LogP contribution in [0.5, 0.6) is 0 Å². The SMILES string of the molecule is CCCCCCCCCCCCCCCCCC.O=P([O-])([O-])[O-].[Na+].[Na+].[Na+].